The van der Waals surface area contributed by atoms with Crippen molar-refractivity contribution < 1.29 is 9.90 Å². The van der Waals surface area contributed by atoms with Crippen molar-refractivity contribution in [1.82, 2.24) is 4.98 Å². The zero-order chi connectivity index (χ0) is 14.7. The minimum absolute atomic E-state index is 0.142. The Labute approximate surface area is 126 Å². The van der Waals surface area contributed by atoms with Crippen molar-refractivity contribution in [3.05, 3.63) is 39.5 Å². The fourth-order valence-corrected chi connectivity index (χ4v) is 3.83. The molecule has 0 aliphatic heterocycles. The van der Waals surface area contributed by atoms with E-state index < -0.39 is 5.97 Å². The van der Waals surface area contributed by atoms with Crippen molar-refractivity contribution in [3.63, 3.8) is 0 Å². The number of benzene rings is 1. The standard InChI is InChI=1S/C16H16BrNO2/c1-8-7-16(2,3)13-12(15(19)20)10-5-4-9(17)6-11(10)18-14(8)13/h4-6,8H,7H2,1-3H3,(H,19,20). The number of halogens is 1. The molecule has 1 aromatic carbocycles. The summed E-state index contributed by atoms with van der Waals surface area (Å²) in [6.07, 6.45) is 0.938. The monoisotopic (exact) mass is 333 g/mol. The highest BCUT2D eigenvalue weighted by Crippen LogP contribution is 2.47. The van der Waals surface area contributed by atoms with Crippen LogP contribution in [-0.4, -0.2) is 16.1 Å². The lowest BCUT2D eigenvalue weighted by Crippen LogP contribution is -2.18. The van der Waals surface area contributed by atoms with Crippen LogP contribution in [0.4, 0.5) is 0 Å². The predicted octanol–water partition coefficient (Wildman–Crippen LogP) is 4.48. The first-order valence-electron chi connectivity index (χ1n) is 6.68. The Kier molecular flexibility index (Phi) is 2.91. The van der Waals surface area contributed by atoms with Crippen molar-refractivity contribution in [1.29, 1.82) is 0 Å². The number of carbonyl (C=O) groups is 1. The van der Waals surface area contributed by atoms with Crippen LogP contribution in [0.25, 0.3) is 10.9 Å². The molecule has 0 spiro atoms. The number of carboxylic acid groups (broad SMARTS) is 1. The van der Waals surface area contributed by atoms with Crippen molar-refractivity contribution in [2.75, 3.05) is 0 Å². The van der Waals surface area contributed by atoms with Crippen LogP contribution in [0.2, 0.25) is 0 Å². The first-order valence-corrected chi connectivity index (χ1v) is 7.47. The second kappa shape index (κ2) is 4.29. The van der Waals surface area contributed by atoms with E-state index in [1.54, 1.807) is 0 Å². The average molecular weight is 334 g/mol. The van der Waals surface area contributed by atoms with E-state index in [2.05, 4.69) is 36.7 Å². The maximum atomic E-state index is 11.8. The van der Waals surface area contributed by atoms with Crippen molar-refractivity contribution >= 4 is 32.8 Å². The molecule has 1 aromatic heterocycles. The predicted molar refractivity (Wildman–Crippen MR) is 82.5 cm³/mol. The minimum Gasteiger partial charge on any atom is -0.478 e. The summed E-state index contributed by atoms with van der Waals surface area (Å²) < 4.78 is 0.915. The Hall–Kier alpha value is -1.42. The maximum absolute atomic E-state index is 11.8. The summed E-state index contributed by atoms with van der Waals surface area (Å²) in [5.74, 6) is -0.570. The number of hydrogen-bond acceptors (Lipinski definition) is 2. The van der Waals surface area contributed by atoms with Gasteiger partial charge in [-0.2, -0.15) is 0 Å². The summed E-state index contributed by atoms with van der Waals surface area (Å²) in [7, 11) is 0. The van der Waals surface area contributed by atoms with Crippen LogP contribution in [0, 0.1) is 0 Å². The molecule has 3 nitrogen and oxygen atoms in total. The van der Waals surface area contributed by atoms with E-state index in [9.17, 15) is 9.90 Å². The third-order valence-electron chi connectivity index (χ3n) is 4.15. The number of hydrogen-bond donors (Lipinski definition) is 1. The van der Waals surface area contributed by atoms with Gasteiger partial charge in [-0.1, -0.05) is 42.8 Å². The minimum atomic E-state index is -0.863. The molecule has 0 amide bonds. The topological polar surface area (TPSA) is 50.2 Å². The molecule has 0 saturated carbocycles. The third-order valence-corrected chi connectivity index (χ3v) is 4.64. The number of rotatable bonds is 1. The van der Waals surface area contributed by atoms with Gasteiger partial charge in [0.1, 0.15) is 0 Å². The molecule has 1 aliphatic rings. The summed E-state index contributed by atoms with van der Waals surface area (Å²) >= 11 is 3.42. The molecule has 3 rings (SSSR count). The average Bonchev–Trinajstić information content (AvgIpc) is 2.56. The van der Waals surface area contributed by atoms with E-state index in [-0.39, 0.29) is 5.41 Å². The van der Waals surface area contributed by atoms with E-state index in [1.165, 1.54) is 0 Å². The lowest BCUT2D eigenvalue weighted by molar-refractivity contribution is 0.0696. The Bertz CT molecular complexity index is 737. The first kappa shape index (κ1) is 13.6. The molecule has 0 bridgehead atoms. The Balaban J connectivity index is 2.49. The van der Waals surface area contributed by atoms with Gasteiger partial charge in [0.05, 0.1) is 11.1 Å². The molecule has 4 heteroatoms. The molecular weight excluding hydrogens is 318 g/mol. The van der Waals surface area contributed by atoms with Crippen LogP contribution in [-0.2, 0) is 5.41 Å². The van der Waals surface area contributed by atoms with Crippen LogP contribution in [0.5, 0.6) is 0 Å². The van der Waals surface area contributed by atoms with Gasteiger partial charge < -0.3 is 5.11 Å². The van der Waals surface area contributed by atoms with Crippen molar-refractivity contribution in [3.8, 4) is 0 Å². The van der Waals surface area contributed by atoms with Gasteiger partial charge in [-0.25, -0.2) is 4.79 Å². The highest BCUT2D eigenvalue weighted by atomic mass is 79.9. The molecule has 0 saturated heterocycles. The summed E-state index contributed by atoms with van der Waals surface area (Å²) in [5.41, 5.74) is 2.88. The van der Waals surface area contributed by atoms with Gasteiger partial charge in [-0.15, -0.1) is 0 Å². The normalized spacial score (nSPS) is 20.1. The SMILES string of the molecule is CC1CC(C)(C)c2c1nc1cc(Br)ccc1c2C(=O)O. The molecule has 1 aliphatic carbocycles. The summed E-state index contributed by atoms with van der Waals surface area (Å²) in [6.45, 7) is 6.33. The Morgan fingerprint density at radius 1 is 1.45 bits per heavy atom. The fraction of sp³-hybridized carbons (Fsp3) is 0.375. The Morgan fingerprint density at radius 2 is 2.15 bits per heavy atom. The smallest absolute Gasteiger partial charge is 0.336 e. The molecule has 1 N–H and O–H groups in total. The van der Waals surface area contributed by atoms with Crippen LogP contribution in [0.15, 0.2) is 22.7 Å². The number of aromatic carboxylic acids is 1. The second-order valence-corrected chi connectivity index (χ2v) is 7.12. The number of aromatic nitrogens is 1. The van der Waals surface area contributed by atoms with Gasteiger partial charge in [-0.05, 0) is 35.4 Å². The third kappa shape index (κ3) is 1.85. The van der Waals surface area contributed by atoms with Crippen molar-refractivity contribution in [2.45, 2.75) is 38.5 Å². The van der Waals surface area contributed by atoms with Crippen LogP contribution in [0.3, 0.4) is 0 Å². The lowest BCUT2D eigenvalue weighted by atomic mass is 9.83. The fourth-order valence-electron chi connectivity index (χ4n) is 3.49. The molecule has 2 aromatic rings. The van der Waals surface area contributed by atoms with Gasteiger partial charge >= 0.3 is 5.97 Å². The zero-order valence-electron chi connectivity index (χ0n) is 11.7. The molecule has 0 fully saturated rings. The molecule has 1 heterocycles. The first-order chi connectivity index (χ1) is 9.31. The van der Waals surface area contributed by atoms with Crippen LogP contribution >= 0.6 is 15.9 Å². The van der Waals surface area contributed by atoms with E-state index in [0.29, 0.717) is 11.5 Å². The van der Waals surface area contributed by atoms with Crippen LogP contribution in [0.1, 0.15) is 54.7 Å². The number of fused-ring (bicyclic) bond motifs is 2. The highest BCUT2D eigenvalue weighted by Gasteiger charge is 2.40. The number of nitrogens with zero attached hydrogens (tertiary/aromatic N) is 1. The molecule has 1 unspecified atom stereocenters. The quantitative estimate of drug-likeness (QED) is 0.836. The highest BCUT2D eigenvalue weighted by molar-refractivity contribution is 9.10. The largest absolute Gasteiger partial charge is 0.478 e. The van der Waals surface area contributed by atoms with E-state index >= 15 is 0 Å². The van der Waals surface area contributed by atoms with Gasteiger partial charge in [-0.3, -0.25) is 4.98 Å². The van der Waals surface area contributed by atoms with Gasteiger partial charge in [0, 0.05) is 15.6 Å². The zero-order valence-corrected chi connectivity index (χ0v) is 13.3. The number of carboxylic acids is 1. The van der Waals surface area contributed by atoms with E-state index in [0.717, 1.165) is 33.1 Å². The van der Waals surface area contributed by atoms with E-state index in [4.69, 9.17) is 4.98 Å². The summed E-state index contributed by atoms with van der Waals surface area (Å²) in [5, 5.41) is 10.4. The summed E-state index contributed by atoms with van der Waals surface area (Å²) in [4.78, 5) is 16.6. The van der Waals surface area contributed by atoms with Gasteiger partial charge in [0.15, 0.2) is 0 Å². The lowest BCUT2D eigenvalue weighted by Gasteiger charge is -2.21. The van der Waals surface area contributed by atoms with Gasteiger partial charge in [0.2, 0.25) is 0 Å². The molecular formula is C16H16BrNO2. The Morgan fingerprint density at radius 3 is 2.80 bits per heavy atom. The van der Waals surface area contributed by atoms with Crippen molar-refractivity contribution in [2.24, 2.45) is 0 Å². The molecule has 104 valence electrons. The second-order valence-electron chi connectivity index (χ2n) is 6.20. The molecule has 0 radical (unpaired) electrons. The molecule has 20 heavy (non-hydrogen) atoms. The maximum Gasteiger partial charge on any atom is 0.336 e. The van der Waals surface area contributed by atoms with Gasteiger partial charge in [0.25, 0.3) is 0 Å². The number of pyridine rings is 1. The molecule has 1 atom stereocenters. The van der Waals surface area contributed by atoms with E-state index in [1.807, 2.05) is 18.2 Å². The summed E-state index contributed by atoms with van der Waals surface area (Å²) in [6, 6.07) is 5.60. The van der Waals surface area contributed by atoms with Crippen LogP contribution < -0.4 is 0 Å².